The molecule has 1 rings (SSSR count). The molecule has 0 aliphatic rings. The Hall–Kier alpha value is -1.61. The van der Waals surface area contributed by atoms with Gasteiger partial charge in [0.1, 0.15) is 0 Å². The summed E-state index contributed by atoms with van der Waals surface area (Å²) in [4.78, 5) is 10.9. The number of hydrogen-bond acceptors (Lipinski definition) is 3. The van der Waals surface area contributed by atoms with Gasteiger partial charge in [-0.15, -0.1) is 0 Å². The van der Waals surface area contributed by atoms with Crippen molar-refractivity contribution in [2.24, 2.45) is 0 Å². The van der Waals surface area contributed by atoms with Gasteiger partial charge in [-0.3, -0.25) is 4.79 Å². The topological polar surface area (TPSA) is 46.5 Å². The Morgan fingerprint density at radius 2 is 2.06 bits per heavy atom. The maximum atomic E-state index is 10.9. The number of methoxy groups -OCH3 is 1. The number of hydrogen-bond donors (Lipinski definition) is 1. The van der Waals surface area contributed by atoms with E-state index >= 15 is 0 Å². The number of esters is 1. The minimum atomic E-state index is -0.648. The second kappa shape index (κ2) is 8.48. The van der Waals surface area contributed by atoms with Gasteiger partial charge in [0, 0.05) is 0 Å². The number of benzene rings is 1. The highest BCUT2D eigenvalue weighted by molar-refractivity contribution is 5.69. The van der Waals surface area contributed by atoms with Crippen molar-refractivity contribution in [1.82, 2.24) is 0 Å². The van der Waals surface area contributed by atoms with Crippen LogP contribution in [0.4, 0.5) is 0 Å². The summed E-state index contributed by atoms with van der Waals surface area (Å²) in [6, 6.07) is 10.3. The Morgan fingerprint density at radius 3 is 2.72 bits per heavy atom. The lowest BCUT2D eigenvalue weighted by molar-refractivity contribution is -0.142. The van der Waals surface area contributed by atoms with Crippen molar-refractivity contribution in [1.29, 1.82) is 0 Å². The molecule has 1 aromatic rings. The Labute approximate surface area is 108 Å². The molecule has 1 aromatic carbocycles. The minimum absolute atomic E-state index is 0.0551. The number of carbonyl (C=O) groups is 1. The Balaban J connectivity index is 2.16. The molecule has 3 heteroatoms. The Kier molecular flexibility index (Phi) is 6.81. The predicted octanol–water partition coefficient (Wildman–Crippen LogP) is 2.49. The molecule has 0 amide bonds. The zero-order valence-corrected chi connectivity index (χ0v) is 10.7. The Morgan fingerprint density at radius 1 is 1.33 bits per heavy atom. The predicted molar refractivity (Wildman–Crippen MR) is 71.2 cm³/mol. The van der Waals surface area contributed by atoms with Crippen LogP contribution in [0.3, 0.4) is 0 Å². The van der Waals surface area contributed by atoms with Gasteiger partial charge in [0.25, 0.3) is 0 Å². The fourth-order valence-corrected chi connectivity index (χ4v) is 1.62. The van der Waals surface area contributed by atoms with E-state index in [2.05, 4.69) is 16.9 Å². The first-order valence-corrected chi connectivity index (χ1v) is 6.16. The van der Waals surface area contributed by atoms with Crippen molar-refractivity contribution < 1.29 is 14.6 Å². The summed E-state index contributed by atoms with van der Waals surface area (Å²) in [7, 11) is 1.32. The van der Waals surface area contributed by atoms with Gasteiger partial charge in [0.15, 0.2) is 0 Å². The second-order valence-electron chi connectivity index (χ2n) is 4.17. The molecule has 0 aromatic heterocycles. The first kappa shape index (κ1) is 14.5. The fraction of sp³-hybridized carbons (Fsp3) is 0.400. The third-order valence-corrected chi connectivity index (χ3v) is 2.65. The molecule has 0 spiro atoms. The first-order chi connectivity index (χ1) is 8.72. The van der Waals surface area contributed by atoms with Crippen LogP contribution in [0.5, 0.6) is 0 Å². The van der Waals surface area contributed by atoms with Gasteiger partial charge in [0.2, 0.25) is 0 Å². The number of aliphatic hydroxyl groups is 1. The van der Waals surface area contributed by atoms with Crippen molar-refractivity contribution in [3.05, 3.63) is 48.0 Å². The van der Waals surface area contributed by atoms with Crippen molar-refractivity contribution >= 4 is 5.97 Å². The molecular weight excluding hydrogens is 228 g/mol. The SMILES string of the molecule is COC(=O)CC(O)C/C=C/CCc1ccccc1. The smallest absolute Gasteiger partial charge is 0.308 e. The van der Waals surface area contributed by atoms with Crippen LogP contribution in [0.2, 0.25) is 0 Å². The van der Waals surface area contributed by atoms with Gasteiger partial charge in [0.05, 0.1) is 19.6 Å². The second-order valence-corrected chi connectivity index (χ2v) is 4.17. The summed E-state index contributed by atoms with van der Waals surface area (Å²) >= 11 is 0. The highest BCUT2D eigenvalue weighted by Gasteiger charge is 2.08. The first-order valence-electron chi connectivity index (χ1n) is 6.16. The molecule has 0 heterocycles. The molecule has 0 saturated carbocycles. The molecule has 0 bridgehead atoms. The van der Waals surface area contributed by atoms with Crippen molar-refractivity contribution in [3.8, 4) is 0 Å². The molecule has 3 nitrogen and oxygen atoms in total. The largest absolute Gasteiger partial charge is 0.469 e. The number of carbonyl (C=O) groups excluding carboxylic acids is 1. The zero-order chi connectivity index (χ0) is 13.2. The van der Waals surface area contributed by atoms with Crippen LogP contribution in [-0.2, 0) is 16.0 Å². The Bertz CT molecular complexity index is 371. The monoisotopic (exact) mass is 248 g/mol. The summed E-state index contributed by atoms with van der Waals surface area (Å²) in [5.74, 6) is -0.375. The van der Waals surface area contributed by atoms with Gasteiger partial charge in [-0.25, -0.2) is 0 Å². The van der Waals surface area contributed by atoms with E-state index < -0.39 is 6.10 Å². The molecule has 18 heavy (non-hydrogen) atoms. The quantitative estimate of drug-likeness (QED) is 0.595. The van der Waals surface area contributed by atoms with Crippen LogP contribution in [0, 0.1) is 0 Å². The highest BCUT2D eigenvalue weighted by Crippen LogP contribution is 2.05. The lowest BCUT2D eigenvalue weighted by Crippen LogP contribution is -2.13. The number of allylic oxidation sites excluding steroid dienone is 1. The molecule has 0 radical (unpaired) electrons. The molecule has 0 saturated heterocycles. The van der Waals surface area contributed by atoms with Crippen molar-refractivity contribution in [2.75, 3.05) is 7.11 Å². The lowest BCUT2D eigenvalue weighted by atomic mass is 10.1. The van der Waals surface area contributed by atoms with Crippen LogP contribution >= 0.6 is 0 Å². The average Bonchev–Trinajstić information content (AvgIpc) is 2.39. The summed E-state index contributed by atoms with van der Waals surface area (Å²) in [5, 5.41) is 9.51. The van der Waals surface area contributed by atoms with Crippen molar-refractivity contribution in [2.45, 2.75) is 31.8 Å². The zero-order valence-electron chi connectivity index (χ0n) is 10.7. The maximum Gasteiger partial charge on any atom is 0.308 e. The van der Waals surface area contributed by atoms with Crippen molar-refractivity contribution in [3.63, 3.8) is 0 Å². The van der Waals surface area contributed by atoms with Gasteiger partial charge in [-0.1, -0.05) is 42.5 Å². The molecule has 0 aliphatic heterocycles. The van der Waals surface area contributed by atoms with Gasteiger partial charge in [-0.05, 0) is 24.8 Å². The van der Waals surface area contributed by atoms with Crippen LogP contribution in [0.25, 0.3) is 0 Å². The van der Waals surface area contributed by atoms with Crippen LogP contribution in [-0.4, -0.2) is 24.3 Å². The average molecular weight is 248 g/mol. The third kappa shape index (κ3) is 6.21. The molecule has 0 aliphatic carbocycles. The van der Waals surface area contributed by atoms with E-state index in [1.165, 1.54) is 12.7 Å². The number of ether oxygens (including phenoxy) is 1. The maximum absolute atomic E-state index is 10.9. The van der Waals surface area contributed by atoms with E-state index in [1.54, 1.807) is 0 Å². The van der Waals surface area contributed by atoms with E-state index in [0.29, 0.717) is 6.42 Å². The number of aryl methyl sites for hydroxylation is 1. The van der Waals surface area contributed by atoms with E-state index in [-0.39, 0.29) is 12.4 Å². The molecule has 1 N–H and O–H groups in total. The van der Waals surface area contributed by atoms with E-state index in [9.17, 15) is 9.90 Å². The normalized spacial score (nSPS) is 12.6. The fourth-order valence-electron chi connectivity index (χ4n) is 1.62. The molecule has 0 fully saturated rings. The third-order valence-electron chi connectivity index (χ3n) is 2.65. The molecule has 1 unspecified atom stereocenters. The molecular formula is C15H20O3. The van der Waals surface area contributed by atoms with Gasteiger partial charge >= 0.3 is 5.97 Å². The lowest BCUT2D eigenvalue weighted by Gasteiger charge is -2.05. The number of rotatable bonds is 7. The van der Waals surface area contributed by atoms with E-state index in [0.717, 1.165) is 12.8 Å². The van der Waals surface area contributed by atoms with Gasteiger partial charge in [-0.2, -0.15) is 0 Å². The van der Waals surface area contributed by atoms with Gasteiger partial charge < -0.3 is 9.84 Å². The summed E-state index contributed by atoms with van der Waals surface area (Å²) in [5.41, 5.74) is 1.30. The number of aliphatic hydroxyl groups excluding tert-OH is 1. The summed E-state index contributed by atoms with van der Waals surface area (Å²) < 4.78 is 4.48. The van der Waals surface area contributed by atoms with Crippen LogP contribution < -0.4 is 0 Å². The highest BCUT2D eigenvalue weighted by atomic mass is 16.5. The van der Waals surface area contributed by atoms with E-state index in [4.69, 9.17) is 0 Å². The molecule has 1 atom stereocenters. The molecule has 98 valence electrons. The summed E-state index contributed by atoms with van der Waals surface area (Å²) in [6.07, 6.45) is 5.78. The van der Waals surface area contributed by atoms with E-state index in [1.807, 2.05) is 30.4 Å². The van der Waals surface area contributed by atoms with Crippen LogP contribution in [0.1, 0.15) is 24.8 Å². The standard InChI is InChI=1S/C15H20O3/c1-18-15(17)12-14(16)11-7-3-6-10-13-8-4-2-5-9-13/h2-5,7-9,14,16H,6,10-12H2,1H3/b7-3+. The minimum Gasteiger partial charge on any atom is -0.469 e. The summed E-state index contributed by atoms with van der Waals surface area (Å²) in [6.45, 7) is 0. The van der Waals surface area contributed by atoms with Crippen LogP contribution in [0.15, 0.2) is 42.5 Å².